The molecule has 0 aliphatic carbocycles. The maximum atomic E-state index is 12.7. The number of likely N-dealkylation sites (tertiary alicyclic amines) is 1. The molecule has 2 aromatic rings. The molecule has 2 atom stereocenters. The highest BCUT2D eigenvalue weighted by Gasteiger charge is 2.33. The Hall–Kier alpha value is -3.06. The molecule has 0 aromatic heterocycles. The minimum Gasteiger partial charge on any atom is -0.497 e. The first-order chi connectivity index (χ1) is 15.1. The van der Waals surface area contributed by atoms with E-state index in [0.29, 0.717) is 13.0 Å². The zero-order valence-corrected chi connectivity index (χ0v) is 18.1. The maximum Gasteiger partial charge on any atom is 0.279 e. The largest absolute Gasteiger partial charge is 0.497 e. The van der Waals surface area contributed by atoms with Crippen molar-refractivity contribution in [1.82, 2.24) is 0 Å². The quantitative estimate of drug-likeness (QED) is 0.715. The Balaban J connectivity index is 1.39. The van der Waals surface area contributed by atoms with Crippen molar-refractivity contribution < 1.29 is 24.0 Å². The molecule has 7 heteroatoms. The van der Waals surface area contributed by atoms with E-state index in [0.717, 1.165) is 60.8 Å². The number of quaternary nitrogens is 1. The summed E-state index contributed by atoms with van der Waals surface area (Å²) in [5.74, 6) is 1.71. The fourth-order valence-corrected chi connectivity index (χ4v) is 4.66. The predicted octanol–water partition coefficient (Wildman–Crippen LogP) is 2.19. The van der Waals surface area contributed by atoms with Crippen LogP contribution in [-0.4, -0.2) is 45.7 Å². The first-order valence-electron chi connectivity index (χ1n) is 10.9. The summed E-state index contributed by atoms with van der Waals surface area (Å²) in [5.41, 5.74) is 2.75. The SMILES string of the molecule is COc1ccc([C@@H]2CCC[NH+]2CC(=O)Nc2ccc(N3CCCC3=O)cc2)c(OC)c1. The average Bonchev–Trinajstić information content (AvgIpc) is 3.42. The van der Waals surface area contributed by atoms with Gasteiger partial charge in [0.25, 0.3) is 5.91 Å². The molecule has 2 saturated heterocycles. The Morgan fingerprint density at radius 2 is 1.94 bits per heavy atom. The van der Waals surface area contributed by atoms with Gasteiger partial charge in [-0.3, -0.25) is 9.59 Å². The fraction of sp³-hybridized carbons (Fsp3) is 0.417. The molecule has 2 amide bonds. The third-order valence-corrected chi connectivity index (χ3v) is 6.22. The normalized spacial score (nSPS) is 20.7. The van der Waals surface area contributed by atoms with E-state index in [9.17, 15) is 9.59 Å². The van der Waals surface area contributed by atoms with E-state index in [1.807, 2.05) is 42.5 Å². The van der Waals surface area contributed by atoms with Gasteiger partial charge in [0.2, 0.25) is 5.91 Å². The summed E-state index contributed by atoms with van der Waals surface area (Å²) in [7, 11) is 3.31. The van der Waals surface area contributed by atoms with Crippen molar-refractivity contribution in [3.63, 3.8) is 0 Å². The summed E-state index contributed by atoms with van der Waals surface area (Å²) in [6, 6.07) is 13.6. The van der Waals surface area contributed by atoms with Crippen molar-refractivity contribution in [3.8, 4) is 11.5 Å². The van der Waals surface area contributed by atoms with Crippen molar-refractivity contribution in [2.45, 2.75) is 31.7 Å². The van der Waals surface area contributed by atoms with Gasteiger partial charge in [0.15, 0.2) is 6.54 Å². The Morgan fingerprint density at radius 3 is 2.61 bits per heavy atom. The molecule has 2 aliphatic heterocycles. The van der Waals surface area contributed by atoms with Crippen LogP contribution in [0.3, 0.4) is 0 Å². The van der Waals surface area contributed by atoms with Crippen molar-refractivity contribution in [3.05, 3.63) is 48.0 Å². The number of ether oxygens (including phenoxy) is 2. The monoisotopic (exact) mass is 424 g/mol. The number of nitrogens with one attached hydrogen (secondary N) is 2. The second kappa shape index (κ2) is 9.39. The Morgan fingerprint density at radius 1 is 1.13 bits per heavy atom. The number of benzene rings is 2. The van der Waals surface area contributed by atoms with Gasteiger partial charge in [-0.15, -0.1) is 0 Å². The van der Waals surface area contributed by atoms with Crippen molar-refractivity contribution in [2.24, 2.45) is 0 Å². The summed E-state index contributed by atoms with van der Waals surface area (Å²) in [4.78, 5) is 27.7. The van der Waals surface area contributed by atoms with Crippen LogP contribution in [0.1, 0.15) is 37.3 Å². The molecular weight excluding hydrogens is 394 g/mol. The lowest BCUT2D eigenvalue weighted by Gasteiger charge is -2.23. The van der Waals surface area contributed by atoms with Crippen molar-refractivity contribution in [1.29, 1.82) is 0 Å². The maximum absolute atomic E-state index is 12.7. The van der Waals surface area contributed by atoms with Crippen LogP contribution in [0.4, 0.5) is 11.4 Å². The minimum absolute atomic E-state index is 0.0145. The van der Waals surface area contributed by atoms with Crippen LogP contribution in [0.25, 0.3) is 0 Å². The van der Waals surface area contributed by atoms with Gasteiger partial charge in [0, 0.05) is 43.2 Å². The lowest BCUT2D eigenvalue weighted by molar-refractivity contribution is -0.910. The molecule has 7 nitrogen and oxygen atoms in total. The number of nitrogens with zero attached hydrogens (tertiary/aromatic N) is 1. The van der Waals surface area contributed by atoms with E-state index in [-0.39, 0.29) is 17.9 Å². The first-order valence-corrected chi connectivity index (χ1v) is 10.9. The zero-order valence-electron chi connectivity index (χ0n) is 18.1. The molecule has 2 fully saturated rings. The molecule has 0 saturated carbocycles. The summed E-state index contributed by atoms with van der Waals surface area (Å²) >= 11 is 0. The molecule has 2 heterocycles. The Labute approximate surface area is 182 Å². The van der Waals surface area contributed by atoms with Gasteiger partial charge in [0.05, 0.1) is 26.3 Å². The van der Waals surface area contributed by atoms with Gasteiger partial charge in [-0.2, -0.15) is 0 Å². The number of carbonyl (C=O) groups excluding carboxylic acids is 2. The van der Waals surface area contributed by atoms with Gasteiger partial charge in [-0.1, -0.05) is 0 Å². The second-order valence-electron chi connectivity index (χ2n) is 8.13. The van der Waals surface area contributed by atoms with Crippen LogP contribution in [0.5, 0.6) is 11.5 Å². The number of anilines is 2. The van der Waals surface area contributed by atoms with E-state index in [2.05, 4.69) is 5.32 Å². The molecule has 0 bridgehead atoms. The molecule has 164 valence electrons. The van der Waals surface area contributed by atoms with E-state index >= 15 is 0 Å². The molecule has 0 radical (unpaired) electrons. The standard InChI is InChI=1S/C24H29N3O4/c1-30-19-11-12-20(22(15-19)31-2)21-5-3-13-26(21)16-23(28)25-17-7-9-18(10-8-17)27-14-4-6-24(27)29/h7-12,15,21H,3-6,13-14,16H2,1-2H3,(H,25,28)/p+1/t21-/m0/s1. The van der Waals surface area contributed by atoms with E-state index in [4.69, 9.17) is 9.47 Å². The minimum atomic E-state index is -0.0145. The summed E-state index contributed by atoms with van der Waals surface area (Å²) in [6.07, 6.45) is 3.60. The van der Waals surface area contributed by atoms with Crippen LogP contribution in [0.2, 0.25) is 0 Å². The van der Waals surface area contributed by atoms with Gasteiger partial charge in [-0.05, 0) is 42.8 Å². The van der Waals surface area contributed by atoms with Crippen LogP contribution < -0.4 is 24.6 Å². The third-order valence-electron chi connectivity index (χ3n) is 6.22. The molecule has 1 unspecified atom stereocenters. The van der Waals surface area contributed by atoms with Crippen LogP contribution in [-0.2, 0) is 9.59 Å². The number of hydrogen-bond donors (Lipinski definition) is 2. The summed E-state index contributed by atoms with van der Waals surface area (Å²) < 4.78 is 10.9. The molecule has 31 heavy (non-hydrogen) atoms. The van der Waals surface area contributed by atoms with Crippen LogP contribution in [0, 0.1) is 0 Å². The first kappa shape index (κ1) is 21.2. The van der Waals surface area contributed by atoms with Crippen molar-refractivity contribution >= 4 is 23.2 Å². The smallest absolute Gasteiger partial charge is 0.279 e. The highest BCUT2D eigenvalue weighted by Crippen LogP contribution is 2.31. The number of methoxy groups -OCH3 is 2. The molecule has 2 aliphatic rings. The number of rotatable bonds is 7. The van der Waals surface area contributed by atoms with Gasteiger partial charge < -0.3 is 24.6 Å². The second-order valence-corrected chi connectivity index (χ2v) is 8.13. The number of carbonyl (C=O) groups is 2. The third kappa shape index (κ3) is 4.66. The molecule has 0 spiro atoms. The number of hydrogen-bond acceptors (Lipinski definition) is 4. The zero-order chi connectivity index (χ0) is 21.8. The van der Waals surface area contributed by atoms with E-state index in [1.54, 1.807) is 19.1 Å². The lowest BCUT2D eigenvalue weighted by atomic mass is 10.0. The summed E-state index contributed by atoms with van der Waals surface area (Å²) in [5, 5.41) is 3.00. The topological polar surface area (TPSA) is 72.3 Å². The molecule has 4 rings (SSSR count). The molecular formula is C24H30N3O4+. The van der Waals surface area contributed by atoms with Crippen LogP contribution >= 0.6 is 0 Å². The Kier molecular flexibility index (Phi) is 6.42. The average molecular weight is 425 g/mol. The number of amides is 2. The van der Waals surface area contributed by atoms with E-state index in [1.165, 1.54) is 4.90 Å². The fourth-order valence-electron chi connectivity index (χ4n) is 4.66. The van der Waals surface area contributed by atoms with E-state index < -0.39 is 0 Å². The van der Waals surface area contributed by atoms with Gasteiger partial charge >= 0.3 is 0 Å². The lowest BCUT2D eigenvalue weighted by Crippen LogP contribution is -3.11. The van der Waals surface area contributed by atoms with Crippen LogP contribution in [0.15, 0.2) is 42.5 Å². The Bertz CT molecular complexity index is 944. The van der Waals surface area contributed by atoms with Gasteiger partial charge in [0.1, 0.15) is 17.5 Å². The highest BCUT2D eigenvalue weighted by atomic mass is 16.5. The summed E-state index contributed by atoms with van der Waals surface area (Å²) in [6.45, 7) is 2.11. The van der Waals surface area contributed by atoms with Gasteiger partial charge in [-0.25, -0.2) is 0 Å². The van der Waals surface area contributed by atoms with Crippen molar-refractivity contribution in [2.75, 3.05) is 44.1 Å². The predicted molar refractivity (Wildman–Crippen MR) is 119 cm³/mol. The highest BCUT2D eigenvalue weighted by molar-refractivity contribution is 5.96. The molecule has 2 N–H and O–H groups in total. The molecule has 2 aromatic carbocycles.